The van der Waals surface area contributed by atoms with Crippen LogP contribution in [0.15, 0.2) is 24.3 Å². The number of nitrogens with one attached hydrogen (secondary N) is 3. The number of halogens is 1. The summed E-state index contributed by atoms with van der Waals surface area (Å²) < 4.78 is 17.4. The van der Waals surface area contributed by atoms with Crippen molar-refractivity contribution >= 4 is 17.9 Å². The summed E-state index contributed by atoms with van der Waals surface area (Å²) in [5.41, 5.74) is 0.758. The molecule has 1 aromatic rings. The molecule has 0 aliphatic rings. The fraction of sp³-hybridized carbons (Fsp3) is 0.526. The SMILES string of the molecule is CCCC(NC(=O)NCc1ccc(F)cc1)C(=O)NCCCCC(=O)OC. The average molecular weight is 381 g/mol. The lowest BCUT2D eigenvalue weighted by Crippen LogP contribution is -2.50. The molecular weight excluding hydrogens is 353 g/mol. The fourth-order valence-electron chi connectivity index (χ4n) is 2.38. The first-order valence-electron chi connectivity index (χ1n) is 9.09. The molecule has 1 atom stereocenters. The van der Waals surface area contributed by atoms with E-state index in [-0.39, 0.29) is 24.2 Å². The molecule has 3 N–H and O–H groups in total. The van der Waals surface area contributed by atoms with Crippen LogP contribution in [-0.4, -0.2) is 37.6 Å². The molecule has 0 saturated carbocycles. The highest BCUT2D eigenvalue weighted by Gasteiger charge is 2.19. The van der Waals surface area contributed by atoms with Gasteiger partial charge in [0.05, 0.1) is 7.11 Å². The van der Waals surface area contributed by atoms with Crippen molar-refractivity contribution in [3.05, 3.63) is 35.6 Å². The van der Waals surface area contributed by atoms with E-state index >= 15 is 0 Å². The minimum absolute atomic E-state index is 0.236. The van der Waals surface area contributed by atoms with Crippen LogP contribution in [0.5, 0.6) is 0 Å². The van der Waals surface area contributed by atoms with Gasteiger partial charge < -0.3 is 20.7 Å². The van der Waals surface area contributed by atoms with Crippen molar-refractivity contribution in [1.82, 2.24) is 16.0 Å². The molecule has 7 nitrogen and oxygen atoms in total. The number of rotatable bonds is 11. The number of hydrogen-bond donors (Lipinski definition) is 3. The first-order valence-corrected chi connectivity index (χ1v) is 9.09. The van der Waals surface area contributed by atoms with Gasteiger partial charge in [0.1, 0.15) is 11.9 Å². The summed E-state index contributed by atoms with van der Waals surface area (Å²) in [7, 11) is 1.34. The van der Waals surface area contributed by atoms with Crippen LogP contribution < -0.4 is 16.0 Å². The molecule has 1 rings (SSSR count). The zero-order valence-electron chi connectivity index (χ0n) is 15.8. The third-order valence-corrected chi connectivity index (χ3v) is 3.90. The Morgan fingerprint density at radius 2 is 1.81 bits per heavy atom. The molecule has 0 heterocycles. The molecule has 0 spiro atoms. The molecule has 0 fully saturated rings. The molecule has 0 aliphatic heterocycles. The van der Waals surface area contributed by atoms with Gasteiger partial charge in [0.15, 0.2) is 0 Å². The van der Waals surface area contributed by atoms with E-state index < -0.39 is 12.1 Å². The highest BCUT2D eigenvalue weighted by molar-refractivity contribution is 5.86. The molecule has 1 unspecified atom stereocenters. The Hall–Kier alpha value is -2.64. The third-order valence-electron chi connectivity index (χ3n) is 3.90. The number of benzene rings is 1. The Morgan fingerprint density at radius 3 is 2.44 bits per heavy atom. The highest BCUT2D eigenvalue weighted by atomic mass is 19.1. The molecule has 0 bridgehead atoms. The second kappa shape index (κ2) is 12.7. The minimum atomic E-state index is -0.635. The van der Waals surface area contributed by atoms with Crippen molar-refractivity contribution in [2.75, 3.05) is 13.7 Å². The maximum Gasteiger partial charge on any atom is 0.315 e. The third kappa shape index (κ3) is 9.58. The van der Waals surface area contributed by atoms with Crippen molar-refractivity contribution in [2.45, 2.75) is 51.6 Å². The van der Waals surface area contributed by atoms with Gasteiger partial charge in [0.25, 0.3) is 0 Å². The molecule has 0 radical (unpaired) electrons. The van der Waals surface area contributed by atoms with Crippen LogP contribution in [-0.2, 0) is 20.9 Å². The van der Waals surface area contributed by atoms with Gasteiger partial charge in [-0.2, -0.15) is 0 Å². The lowest BCUT2D eigenvalue weighted by atomic mass is 10.1. The van der Waals surface area contributed by atoms with E-state index in [1.807, 2.05) is 6.92 Å². The molecule has 0 aromatic heterocycles. The topological polar surface area (TPSA) is 96.5 Å². The molecule has 0 aliphatic carbocycles. The van der Waals surface area contributed by atoms with E-state index in [0.29, 0.717) is 32.2 Å². The Morgan fingerprint density at radius 1 is 1.11 bits per heavy atom. The maximum absolute atomic E-state index is 12.9. The lowest BCUT2D eigenvalue weighted by molar-refractivity contribution is -0.140. The van der Waals surface area contributed by atoms with Crippen molar-refractivity contribution in [2.24, 2.45) is 0 Å². The van der Waals surface area contributed by atoms with Gasteiger partial charge in [-0.25, -0.2) is 9.18 Å². The van der Waals surface area contributed by atoms with Crippen molar-refractivity contribution in [1.29, 1.82) is 0 Å². The van der Waals surface area contributed by atoms with Gasteiger partial charge in [0.2, 0.25) is 5.91 Å². The summed E-state index contributed by atoms with van der Waals surface area (Å²) in [5.74, 6) is -0.869. The number of esters is 1. The van der Waals surface area contributed by atoms with Crippen LogP contribution in [0, 0.1) is 5.82 Å². The Balaban J connectivity index is 2.35. The van der Waals surface area contributed by atoms with E-state index in [2.05, 4.69) is 20.7 Å². The normalized spacial score (nSPS) is 11.4. The molecule has 150 valence electrons. The predicted molar refractivity (Wildman–Crippen MR) is 99.3 cm³/mol. The van der Waals surface area contributed by atoms with Crippen LogP contribution in [0.2, 0.25) is 0 Å². The van der Waals surface area contributed by atoms with Gasteiger partial charge in [-0.3, -0.25) is 9.59 Å². The smallest absolute Gasteiger partial charge is 0.315 e. The Bertz CT molecular complexity index is 607. The largest absolute Gasteiger partial charge is 0.469 e. The van der Waals surface area contributed by atoms with Crippen molar-refractivity contribution in [3.63, 3.8) is 0 Å². The summed E-state index contributed by atoms with van der Waals surface area (Å²) >= 11 is 0. The predicted octanol–water partition coefficient (Wildman–Crippen LogP) is 2.25. The summed E-state index contributed by atoms with van der Waals surface area (Å²) in [4.78, 5) is 35.3. The fourth-order valence-corrected chi connectivity index (χ4v) is 2.38. The molecular formula is C19H28FN3O4. The molecule has 3 amide bonds. The number of methoxy groups -OCH3 is 1. The number of ether oxygens (including phenoxy) is 1. The molecule has 27 heavy (non-hydrogen) atoms. The minimum Gasteiger partial charge on any atom is -0.469 e. The van der Waals surface area contributed by atoms with E-state index in [9.17, 15) is 18.8 Å². The zero-order valence-corrected chi connectivity index (χ0v) is 15.8. The van der Waals surface area contributed by atoms with Gasteiger partial charge >= 0.3 is 12.0 Å². The van der Waals surface area contributed by atoms with Gasteiger partial charge in [-0.15, -0.1) is 0 Å². The number of carbonyl (C=O) groups excluding carboxylic acids is 3. The number of hydrogen-bond acceptors (Lipinski definition) is 4. The number of amides is 3. The van der Waals surface area contributed by atoms with Crippen LogP contribution in [0.1, 0.15) is 44.6 Å². The first kappa shape index (κ1) is 22.4. The second-order valence-electron chi connectivity index (χ2n) is 6.12. The second-order valence-corrected chi connectivity index (χ2v) is 6.12. The van der Waals surface area contributed by atoms with Crippen molar-refractivity contribution < 1.29 is 23.5 Å². The molecule has 8 heteroatoms. The summed E-state index contributed by atoms with van der Waals surface area (Å²) in [5, 5.41) is 8.08. The average Bonchev–Trinajstić information content (AvgIpc) is 2.66. The van der Waals surface area contributed by atoms with E-state index in [0.717, 1.165) is 12.0 Å². The number of carbonyl (C=O) groups is 3. The van der Waals surface area contributed by atoms with Gasteiger partial charge in [-0.1, -0.05) is 25.5 Å². The van der Waals surface area contributed by atoms with Gasteiger partial charge in [-0.05, 0) is 37.0 Å². The molecule has 1 aromatic carbocycles. The van der Waals surface area contributed by atoms with E-state index in [1.165, 1.54) is 19.2 Å². The first-order chi connectivity index (χ1) is 13.0. The monoisotopic (exact) mass is 381 g/mol. The van der Waals surface area contributed by atoms with E-state index in [4.69, 9.17) is 0 Å². The van der Waals surface area contributed by atoms with E-state index in [1.54, 1.807) is 12.1 Å². The summed E-state index contributed by atoms with van der Waals surface area (Å²) in [6.07, 6.45) is 2.83. The quantitative estimate of drug-likeness (QED) is 0.405. The van der Waals surface area contributed by atoms with Crippen LogP contribution in [0.3, 0.4) is 0 Å². The molecule has 0 saturated heterocycles. The zero-order chi connectivity index (χ0) is 20.1. The highest BCUT2D eigenvalue weighted by Crippen LogP contribution is 2.03. The standard InChI is InChI=1S/C19H28FN3O4/c1-3-6-16(18(25)21-12-5-4-7-17(24)27-2)23-19(26)22-13-14-8-10-15(20)11-9-14/h8-11,16H,3-7,12-13H2,1-2H3,(H,21,25)(H2,22,23,26). The summed E-state index contributed by atoms with van der Waals surface area (Å²) in [6, 6.07) is 4.72. The van der Waals surface area contributed by atoms with Crippen LogP contribution >= 0.6 is 0 Å². The summed E-state index contributed by atoms with van der Waals surface area (Å²) in [6.45, 7) is 2.59. The Kier molecular flexibility index (Phi) is 10.5. The number of unbranched alkanes of at least 4 members (excludes halogenated alkanes) is 1. The Labute approximate surface area is 159 Å². The maximum atomic E-state index is 12.9. The van der Waals surface area contributed by atoms with Crippen molar-refractivity contribution in [3.8, 4) is 0 Å². The van der Waals surface area contributed by atoms with Gasteiger partial charge in [0, 0.05) is 19.5 Å². The lowest BCUT2D eigenvalue weighted by Gasteiger charge is -2.18. The van der Waals surface area contributed by atoms with Crippen LogP contribution in [0.25, 0.3) is 0 Å². The van der Waals surface area contributed by atoms with Crippen LogP contribution in [0.4, 0.5) is 9.18 Å². The number of urea groups is 1.